The van der Waals surface area contributed by atoms with Gasteiger partial charge in [-0.3, -0.25) is 0 Å². The molecule has 0 spiro atoms. The Labute approximate surface area is 127 Å². The minimum absolute atomic E-state index is 0.0351. The maximum Gasteiger partial charge on any atom is 0.338 e. The molecule has 1 aliphatic carbocycles. The summed E-state index contributed by atoms with van der Waals surface area (Å²) in [5.74, 6) is -0.801. The Morgan fingerprint density at radius 1 is 1.18 bits per heavy atom. The lowest BCUT2D eigenvalue weighted by Gasteiger charge is -2.09. The Morgan fingerprint density at radius 2 is 2.00 bits per heavy atom. The summed E-state index contributed by atoms with van der Waals surface area (Å²) in [4.78, 5) is 23.3. The van der Waals surface area contributed by atoms with Crippen LogP contribution in [0.3, 0.4) is 0 Å². The van der Waals surface area contributed by atoms with E-state index in [4.69, 9.17) is 14.2 Å². The molecular weight excluding hydrogens is 284 g/mol. The fourth-order valence-corrected chi connectivity index (χ4v) is 3.16. The molecule has 2 unspecified atom stereocenters. The summed E-state index contributed by atoms with van der Waals surface area (Å²) >= 11 is 0. The number of rotatable bonds is 2. The highest BCUT2D eigenvalue weighted by molar-refractivity contribution is 5.92. The van der Waals surface area contributed by atoms with Gasteiger partial charge in [0.1, 0.15) is 6.10 Å². The first-order valence-corrected chi connectivity index (χ1v) is 7.17. The van der Waals surface area contributed by atoms with E-state index >= 15 is 0 Å². The molecular formula is C17H14O5. The Bertz CT molecular complexity index is 730. The summed E-state index contributed by atoms with van der Waals surface area (Å²) in [6.07, 6.45) is 2.71. The van der Waals surface area contributed by atoms with Crippen LogP contribution in [-0.2, 0) is 30.2 Å². The first-order valence-electron chi connectivity index (χ1n) is 7.17. The van der Waals surface area contributed by atoms with Gasteiger partial charge >= 0.3 is 11.9 Å². The van der Waals surface area contributed by atoms with Crippen LogP contribution in [0.25, 0.3) is 0 Å². The number of fused-ring (bicyclic) bond motifs is 3. The van der Waals surface area contributed by atoms with Gasteiger partial charge in [0.15, 0.2) is 0 Å². The average Bonchev–Trinajstić information content (AvgIpc) is 3.10. The fraction of sp³-hybridized carbons (Fsp3) is 0.294. The van der Waals surface area contributed by atoms with Gasteiger partial charge in [-0.1, -0.05) is 24.3 Å². The summed E-state index contributed by atoms with van der Waals surface area (Å²) in [5, 5.41) is 0. The summed E-state index contributed by atoms with van der Waals surface area (Å²) in [6, 6.07) is 7.96. The van der Waals surface area contributed by atoms with Crippen molar-refractivity contribution in [3.63, 3.8) is 0 Å². The quantitative estimate of drug-likeness (QED) is 0.476. The molecule has 0 radical (unpaired) electrons. The number of esters is 2. The predicted molar refractivity (Wildman–Crippen MR) is 75.3 cm³/mol. The Hall–Kier alpha value is -2.56. The Morgan fingerprint density at radius 3 is 2.77 bits per heavy atom. The van der Waals surface area contributed by atoms with Gasteiger partial charge in [0.05, 0.1) is 11.8 Å². The molecule has 5 heteroatoms. The van der Waals surface area contributed by atoms with Crippen LogP contribution in [0.2, 0.25) is 0 Å². The summed E-state index contributed by atoms with van der Waals surface area (Å²) < 4.78 is 15.9. The highest BCUT2D eigenvalue weighted by Crippen LogP contribution is 2.47. The molecule has 3 atom stereocenters. The molecule has 1 aromatic rings. The van der Waals surface area contributed by atoms with Gasteiger partial charge in [-0.05, 0) is 24.5 Å². The van der Waals surface area contributed by atoms with Gasteiger partial charge in [0.25, 0.3) is 6.29 Å². The maximum atomic E-state index is 12.0. The van der Waals surface area contributed by atoms with Gasteiger partial charge in [0, 0.05) is 17.6 Å². The second-order valence-corrected chi connectivity index (χ2v) is 5.67. The van der Waals surface area contributed by atoms with Crippen molar-refractivity contribution in [2.24, 2.45) is 5.92 Å². The van der Waals surface area contributed by atoms with Crippen molar-refractivity contribution >= 4 is 11.9 Å². The zero-order valence-corrected chi connectivity index (χ0v) is 11.9. The van der Waals surface area contributed by atoms with E-state index in [9.17, 15) is 9.59 Å². The number of hydrogen-bond donors (Lipinski definition) is 0. The van der Waals surface area contributed by atoms with E-state index in [-0.39, 0.29) is 18.0 Å². The molecule has 3 aliphatic rings. The second kappa shape index (κ2) is 4.73. The molecule has 112 valence electrons. The standard InChI is InChI=1S/C17H14O5/c1-9-6-14(21-16(9)18)20-8-13-12-7-10-4-2-3-5-11(10)15(12)22-17(13)19/h2-6,8,12,14-15H,7H2,1H3/b13-8+/t12-,14?,15?/m1/s1. The van der Waals surface area contributed by atoms with E-state index in [0.29, 0.717) is 11.1 Å². The molecule has 2 aliphatic heterocycles. The number of carbonyl (C=O) groups excluding carboxylic acids is 2. The molecule has 1 aromatic carbocycles. The van der Waals surface area contributed by atoms with Crippen LogP contribution in [0, 0.1) is 5.92 Å². The van der Waals surface area contributed by atoms with Gasteiger partial charge in [-0.15, -0.1) is 0 Å². The van der Waals surface area contributed by atoms with Crippen molar-refractivity contribution in [2.75, 3.05) is 0 Å². The molecule has 22 heavy (non-hydrogen) atoms. The fourth-order valence-electron chi connectivity index (χ4n) is 3.16. The first-order chi connectivity index (χ1) is 10.6. The molecule has 1 saturated heterocycles. The Balaban J connectivity index is 1.55. The lowest BCUT2D eigenvalue weighted by Crippen LogP contribution is -2.11. The smallest absolute Gasteiger partial charge is 0.338 e. The van der Waals surface area contributed by atoms with Crippen LogP contribution >= 0.6 is 0 Å². The molecule has 1 fully saturated rings. The van der Waals surface area contributed by atoms with E-state index < -0.39 is 12.3 Å². The third-order valence-electron chi connectivity index (χ3n) is 4.30. The number of benzene rings is 1. The van der Waals surface area contributed by atoms with Gasteiger partial charge in [-0.2, -0.15) is 0 Å². The largest absolute Gasteiger partial charge is 0.458 e. The van der Waals surface area contributed by atoms with Gasteiger partial charge < -0.3 is 14.2 Å². The van der Waals surface area contributed by atoms with E-state index in [0.717, 1.165) is 12.0 Å². The first kappa shape index (κ1) is 13.1. The minimum Gasteiger partial charge on any atom is -0.458 e. The zero-order chi connectivity index (χ0) is 15.3. The van der Waals surface area contributed by atoms with Crippen LogP contribution in [0.4, 0.5) is 0 Å². The van der Waals surface area contributed by atoms with Crippen LogP contribution in [-0.4, -0.2) is 18.2 Å². The number of ether oxygens (including phenoxy) is 3. The molecule has 0 aromatic heterocycles. The highest BCUT2D eigenvalue weighted by Gasteiger charge is 2.46. The number of carbonyl (C=O) groups is 2. The van der Waals surface area contributed by atoms with E-state index in [2.05, 4.69) is 0 Å². The monoisotopic (exact) mass is 298 g/mol. The molecule has 2 heterocycles. The Kier molecular flexibility index (Phi) is 2.82. The SMILES string of the molecule is CC1=CC(O/C=C2/C(=O)OC3c4ccccc4C[C@H]23)OC1=O. The van der Waals surface area contributed by atoms with Crippen molar-refractivity contribution in [2.45, 2.75) is 25.7 Å². The summed E-state index contributed by atoms with van der Waals surface area (Å²) in [5.41, 5.74) is 3.25. The van der Waals surface area contributed by atoms with E-state index in [1.165, 1.54) is 11.8 Å². The van der Waals surface area contributed by atoms with E-state index in [1.807, 2.05) is 24.3 Å². The minimum atomic E-state index is -0.768. The second-order valence-electron chi connectivity index (χ2n) is 5.67. The van der Waals surface area contributed by atoms with Crippen LogP contribution < -0.4 is 0 Å². The number of hydrogen-bond acceptors (Lipinski definition) is 5. The molecule has 0 saturated carbocycles. The third kappa shape index (κ3) is 1.93. The predicted octanol–water partition coefficient (Wildman–Crippen LogP) is 2.19. The highest BCUT2D eigenvalue weighted by atomic mass is 16.7. The third-order valence-corrected chi connectivity index (χ3v) is 4.30. The average molecular weight is 298 g/mol. The molecule has 0 N–H and O–H groups in total. The maximum absolute atomic E-state index is 12.0. The van der Waals surface area contributed by atoms with Gasteiger partial charge in [-0.25, -0.2) is 9.59 Å². The van der Waals surface area contributed by atoms with Crippen LogP contribution in [0.1, 0.15) is 24.2 Å². The molecule has 5 nitrogen and oxygen atoms in total. The summed E-state index contributed by atoms with van der Waals surface area (Å²) in [7, 11) is 0. The van der Waals surface area contributed by atoms with Crippen molar-refractivity contribution in [1.82, 2.24) is 0 Å². The molecule has 0 bridgehead atoms. The van der Waals surface area contributed by atoms with E-state index in [1.54, 1.807) is 13.0 Å². The lowest BCUT2D eigenvalue weighted by molar-refractivity contribution is -0.152. The normalized spacial score (nSPS) is 30.7. The van der Waals surface area contributed by atoms with Crippen molar-refractivity contribution < 1.29 is 23.8 Å². The topological polar surface area (TPSA) is 61.8 Å². The number of cyclic esters (lactones) is 1. The van der Waals surface area contributed by atoms with Gasteiger partial charge in [0.2, 0.25) is 0 Å². The molecule has 4 rings (SSSR count). The lowest BCUT2D eigenvalue weighted by atomic mass is 9.98. The van der Waals surface area contributed by atoms with Crippen molar-refractivity contribution in [3.8, 4) is 0 Å². The van der Waals surface area contributed by atoms with Crippen molar-refractivity contribution in [1.29, 1.82) is 0 Å². The zero-order valence-electron chi connectivity index (χ0n) is 11.9. The summed E-state index contributed by atoms with van der Waals surface area (Å²) in [6.45, 7) is 1.66. The van der Waals surface area contributed by atoms with Crippen LogP contribution in [0.5, 0.6) is 0 Å². The molecule has 0 amide bonds. The van der Waals surface area contributed by atoms with Crippen molar-refractivity contribution in [3.05, 3.63) is 58.9 Å². The van der Waals surface area contributed by atoms with Crippen LogP contribution in [0.15, 0.2) is 47.7 Å².